The van der Waals surface area contributed by atoms with E-state index in [2.05, 4.69) is 9.84 Å². The summed E-state index contributed by atoms with van der Waals surface area (Å²) in [7, 11) is 2.41. The van der Waals surface area contributed by atoms with Crippen molar-refractivity contribution in [3.05, 3.63) is 95.7 Å². The van der Waals surface area contributed by atoms with Gasteiger partial charge in [-0.1, -0.05) is 42.5 Å². The first kappa shape index (κ1) is 26.3. The van der Waals surface area contributed by atoms with E-state index in [1.54, 1.807) is 54.6 Å². The maximum atomic E-state index is 12.7. The maximum absolute atomic E-state index is 12.7. The minimum atomic E-state index is -4.77. The molecule has 1 aromatic heterocycles. The Kier molecular flexibility index (Phi) is 7.66. The third-order valence-electron chi connectivity index (χ3n) is 5.34. The summed E-state index contributed by atoms with van der Waals surface area (Å²) in [4.78, 5) is 25.4. The molecule has 0 saturated carbocycles. The SMILES string of the molecule is COC(=O)c1c(-c2ccc(COc3ccc(OC(F)(F)F)cc3)cc2)nn(-c2ccccc2)c1C(=O)OC. The molecule has 196 valence electrons. The Balaban J connectivity index is 1.60. The number of methoxy groups -OCH3 is 2. The van der Waals surface area contributed by atoms with Gasteiger partial charge in [0, 0.05) is 5.56 Å². The molecule has 4 aromatic rings. The van der Waals surface area contributed by atoms with E-state index in [4.69, 9.17) is 14.2 Å². The lowest BCUT2D eigenvalue weighted by atomic mass is 10.0. The van der Waals surface area contributed by atoms with Gasteiger partial charge in [0.2, 0.25) is 0 Å². The number of nitrogens with zero attached hydrogens (tertiary/aromatic N) is 2. The number of carbonyl (C=O) groups is 2. The third kappa shape index (κ3) is 5.94. The van der Waals surface area contributed by atoms with Crippen LogP contribution in [0.15, 0.2) is 78.9 Å². The highest BCUT2D eigenvalue weighted by Gasteiger charge is 2.32. The van der Waals surface area contributed by atoms with Crippen LogP contribution in [0.25, 0.3) is 16.9 Å². The van der Waals surface area contributed by atoms with Crippen molar-refractivity contribution < 1.29 is 41.7 Å². The fourth-order valence-corrected chi connectivity index (χ4v) is 3.62. The summed E-state index contributed by atoms with van der Waals surface area (Å²) in [6, 6.07) is 20.7. The van der Waals surface area contributed by atoms with Gasteiger partial charge in [-0.2, -0.15) is 5.10 Å². The standard InChI is InChI=1S/C27H21F3N2O6/c1-35-25(33)22-23(31-32(24(22)26(34)36-2)19-6-4-3-5-7-19)18-10-8-17(9-11-18)16-37-20-12-14-21(15-13-20)38-27(28,29)30/h3-15H,16H2,1-2H3. The number of ether oxygens (including phenoxy) is 4. The number of para-hydroxylation sites is 1. The number of aromatic nitrogens is 2. The average Bonchev–Trinajstić information content (AvgIpc) is 3.32. The minimum Gasteiger partial charge on any atom is -0.489 e. The number of halogens is 3. The molecule has 4 rings (SSSR count). The Morgan fingerprint density at radius 1 is 0.816 bits per heavy atom. The van der Waals surface area contributed by atoms with Crippen molar-refractivity contribution >= 4 is 11.9 Å². The largest absolute Gasteiger partial charge is 0.573 e. The van der Waals surface area contributed by atoms with Gasteiger partial charge >= 0.3 is 18.3 Å². The van der Waals surface area contributed by atoms with Gasteiger partial charge in [0.15, 0.2) is 5.69 Å². The zero-order valence-corrected chi connectivity index (χ0v) is 20.2. The van der Waals surface area contributed by atoms with Gasteiger partial charge in [0.1, 0.15) is 29.4 Å². The molecule has 0 atom stereocenters. The highest BCUT2D eigenvalue weighted by molar-refractivity contribution is 6.06. The topological polar surface area (TPSA) is 88.9 Å². The second kappa shape index (κ2) is 11.1. The van der Waals surface area contributed by atoms with E-state index in [9.17, 15) is 22.8 Å². The van der Waals surface area contributed by atoms with Crippen molar-refractivity contribution in [1.29, 1.82) is 0 Å². The van der Waals surface area contributed by atoms with Gasteiger partial charge < -0.3 is 18.9 Å². The smallest absolute Gasteiger partial charge is 0.489 e. The van der Waals surface area contributed by atoms with Crippen molar-refractivity contribution in [1.82, 2.24) is 9.78 Å². The molecular weight excluding hydrogens is 505 g/mol. The minimum absolute atomic E-state index is 0.0478. The molecule has 0 saturated heterocycles. The normalized spacial score (nSPS) is 11.1. The van der Waals surface area contributed by atoms with E-state index in [0.717, 1.165) is 17.7 Å². The number of hydrogen-bond acceptors (Lipinski definition) is 7. The van der Waals surface area contributed by atoms with Gasteiger partial charge in [0.25, 0.3) is 0 Å². The van der Waals surface area contributed by atoms with Gasteiger partial charge in [-0.3, -0.25) is 0 Å². The van der Waals surface area contributed by atoms with Crippen LogP contribution in [0.1, 0.15) is 26.4 Å². The van der Waals surface area contributed by atoms with E-state index in [1.807, 2.05) is 0 Å². The van der Waals surface area contributed by atoms with Crippen LogP contribution in [0.2, 0.25) is 0 Å². The first-order valence-electron chi connectivity index (χ1n) is 11.1. The molecule has 0 aliphatic carbocycles. The Hall–Kier alpha value is -4.80. The number of benzene rings is 3. The van der Waals surface area contributed by atoms with E-state index in [0.29, 0.717) is 17.0 Å². The van der Waals surface area contributed by atoms with Crippen molar-refractivity contribution in [2.75, 3.05) is 14.2 Å². The van der Waals surface area contributed by atoms with E-state index in [1.165, 1.54) is 31.0 Å². The van der Waals surface area contributed by atoms with Crippen LogP contribution >= 0.6 is 0 Å². The van der Waals surface area contributed by atoms with Crippen LogP contribution in [0.5, 0.6) is 11.5 Å². The van der Waals surface area contributed by atoms with Gasteiger partial charge in [-0.25, -0.2) is 14.3 Å². The quantitative estimate of drug-likeness (QED) is 0.277. The highest BCUT2D eigenvalue weighted by Crippen LogP contribution is 2.30. The molecule has 0 N–H and O–H groups in total. The Bertz CT molecular complexity index is 1420. The summed E-state index contributed by atoms with van der Waals surface area (Å²) in [5.41, 5.74) is 1.90. The van der Waals surface area contributed by atoms with Crippen molar-refractivity contribution in [2.45, 2.75) is 13.0 Å². The molecular formula is C27H21F3N2O6. The summed E-state index contributed by atoms with van der Waals surface area (Å²) in [6.45, 7) is 0.121. The lowest BCUT2D eigenvalue weighted by molar-refractivity contribution is -0.274. The second-order valence-electron chi connectivity index (χ2n) is 7.81. The number of carbonyl (C=O) groups excluding carboxylic acids is 2. The van der Waals surface area contributed by atoms with E-state index < -0.39 is 18.3 Å². The van der Waals surface area contributed by atoms with Crippen LogP contribution in [0, 0.1) is 0 Å². The summed E-state index contributed by atoms with van der Waals surface area (Å²) in [5, 5.41) is 4.54. The third-order valence-corrected chi connectivity index (χ3v) is 5.34. The molecule has 0 spiro atoms. The zero-order chi connectivity index (χ0) is 27.3. The van der Waals surface area contributed by atoms with Crippen LogP contribution in [-0.4, -0.2) is 42.3 Å². The predicted molar refractivity (Wildman–Crippen MR) is 129 cm³/mol. The van der Waals surface area contributed by atoms with Crippen molar-refractivity contribution in [3.8, 4) is 28.4 Å². The number of alkyl halides is 3. The van der Waals surface area contributed by atoms with Crippen LogP contribution in [0.4, 0.5) is 13.2 Å². The number of hydrogen-bond donors (Lipinski definition) is 0. The first-order chi connectivity index (χ1) is 18.2. The average molecular weight is 526 g/mol. The van der Waals surface area contributed by atoms with Crippen molar-refractivity contribution in [2.24, 2.45) is 0 Å². The lowest BCUT2D eigenvalue weighted by Gasteiger charge is -2.10. The maximum Gasteiger partial charge on any atom is 0.573 e. The highest BCUT2D eigenvalue weighted by atomic mass is 19.4. The van der Waals surface area contributed by atoms with Crippen LogP contribution in [-0.2, 0) is 16.1 Å². The van der Waals surface area contributed by atoms with Crippen LogP contribution in [0.3, 0.4) is 0 Å². The predicted octanol–water partition coefficient (Wildman–Crippen LogP) is 5.59. The molecule has 8 nitrogen and oxygen atoms in total. The summed E-state index contributed by atoms with van der Waals surface area (Å²) in [6.07, 6.45) is -4.77. The van der Waals surface area contributed by atoms with E-state index in [-0.39, 0.29) is 29.3 Å². The van der Waals surface area contributed by atoms with Gasteiger partial charge in [0.05, 0.1) is 19.9 Å². The molecule has 0 amide bonds. The van der Waals surface area contributed by atoms with Gasteiger partial charge in [-0.15, -0.1) is 13.2 Å². The fraction of sp³-hybridized carbons (Fsp3) is 0.148. The molecule has 0 bridgehead atoms. The first-order valence-corrected chi connectivity index (χ1v) is 11.1. The molecule has 1 heterocycles. The van der Waals surface area contributed by atoms with Gasteiger partial charge in [-0.05, 0) is 42.0 Å². The Morgan fingerprint density at radius 3 is 2.00 bits per heavy atom. The molecule has 38 heavy (non-hydrogen) atoms. The Morgan fingerprint density at radius 2 is 1.42 bits per heavy atom. The summed E-state index contributed by atoms with van der Waals surface area (Å²) in [5.74, 6) is -1.52. The molecule has 0 aliphatic rings. The monoisotopic (exact) mass is 526 g/mol. The summed E-state index contributed by atoms with van der Waals surface area (Å²) >= 11 is 0. The molecule has 0 fully saturated rings. The molecule has 0 radical (unpaired) electrons. The lowest BCUT2D eigenvalue weighted by Crippen LogP contribution is -2.16. The van der Waals surface area contributed by atoms with Crippen molar-refractivity contribution in [3.63, 3.8) is 0 Å². The van der Waals surface area contributed by atoms with Crippen LogP contribution < -0.4 is 9.47 Å². The molecule has 0 unspecified atom stereocenters. The van der Waals surface area contributed by atoms with E-state index >= 15 is 0 Å². The Labute approximate surface area is 215 Å². The molecule has 0 aliphatic heterocycles. The summed E-state index contributed by atoms with van der Waals surface area (Å²) < 4.78 is 57.6. The second-order valence-corrected chi connectivity index (χ2v) is 7.81. The number of esters is 2. The molecule has 11 heteroatoms. The number of rotatable bonds is 8. The molecule has 3 aromatic carbocycles. The zero-order valence-electron chi connectivity index (χ0n) is 20.2. The fourth-order valence-electron chi connectivity index (χ4n) is 3.62.